The molecule has 1 aromatic heterocycles. The number of anilines is 2. The molecule has 0 aliphatic carbocycles. The molecule has 0 radical (unpaired) electrons. The lowest BCUT2D eigenvalue weighted by Gasteiger charge is -2.36. The molecule has 1 saturated heterocycles. The van der Waals surface area contributed by atoms with Gasteiger partial charge in [-0.25, -0.2) is 8.42 Å². The number of aryl methyl sites for hydroxylation is 1. The number of sulfonamides is 1. The largest absolute Gasteiger partial charge is 0.358 e. The number of nitrogens with one attached hydrogen (secondary N) is 3. The van der Waals surface area contributed by atoms with Gasteiger partial charge in [-0.15, -0.1) is 0 Å². The first-order chi connectivity index (χ1) is 19.4. The van der Waals surface area contributed by atoms with Crippen LogP contribution in [0.4, 0.5) is 11.4 Å². The summed E-state index contributed by atoms with van der Waals surface area (Å²) in [6.45, 7) is 9.38. The highest BCUT2D eigenvalue weighted by molar-refractivity contribution is 7.92. The number of aromatic nitrogens is 1. The fraction of sp³-hybridized carbons (Fsp3) is 0.333. The van der Waals surface area contributed by atoms with Crippen LogP contribution in [0.2, 0.25) is 5.02 Å². The first-order valence-corrected chi connectivity index (χ1v) is 15.5. The molecule has 4 heterocycles. The van der Waals surface area contributed by atoms with Gasteiger partial charge >= 0.3 is 0 Å². The Morgan fingerprint density at radius 3 is 2.54 bits per heavy atom. The third-order valence-electron chi connectivity index (χ3n) is 8.09. The van der Waals surface area contributed by atoms with E-state index in [1.54, 1.807) is 24.3 Å². The SMILES string of the molecule is Cc1[nH]c(/C=C2\C(=O)Nc3ccc(S(=O)(=O)N4CCc5ccc(Cl)cc54)cc32)c(C)c1C(=O)N1CC(C)NC(C)C1. The summed E-state index contributed by atoms with van der Waals surface area (Å²) in [5, 5.41) is 6.75. The Hall–Kier alpha value is -3.60. The van der Waals surface area contributed by atoms with E-state index < -0.39 is 10.0 Å². The summed E-state index contributed by atoms with van der Waals surface area (Å²) in [5.74, 6) is -0.381. The average Bonchev–Trinajstić information content (AvgIpc) is 3.56. The highest BCUT2D eigenvalue weighted by Gasteiger charge is 2.34. The summed E-state index contributed by atoms with van der Waals surface area (Å²) in [5.41, 5.74) is 5.55. The van der Waals surface area contributed by atoms with Crippen molar-refractivity contribution in [2.45, 2.75) is 51.1 Å². The first-order valence-electron chi connectivity index (χ1n) is 13.7. The topological polar surface area (TPSA) is 115 Å². The summed E-state index contributed by atoms with van der Waals surface area (Å²) in [4.78, 5) is 31.8. The van der Waals surface area contributed by atoms with Crippen LogP contribution in [0.1, 0.15) is 52.3 Å². The van der Waals surface area contributed by atoms with Crippen LogP contribution in [0.3, 0.4) is 0 Å². The van der Waals surface area contributed by atoms with E-state index in [9.17, 15) is 18.0 Å². The minimum atomic E-state index is -3.90. The van der Waals surface area contributed by atoms with Crippen LogP contribution in [0.15, 0.2) is 41.3 Å². The van der Waals surface area contributed by atoms with Gasteiger partial charge in [0.2, 0.25) is 0 Å². The maximum atomic E-state index is 13.7. The van der Waals surface area contributed by atoms with Crippen LogP contribution in [-0.4, -0.2) is 61.8 Å². The van der Waals surface area contributed by atoms with E-state index in [-0.39, 0.29) is 28.8 Å². The number of aromatic amines is 1. The molecule has 9 nitrogen and oxygen atoms in total. The monoisotopic (exact) mass is 593 g/mol. The number of benzene rings is 2. The summed E-state index contributed by atoms with van der Waals surface area (Å²) in [6.07, 6.45) is 2.30. The van der Waals surface area contributed by atoms with Crippen molar-refractivity contribution in [3.8, 4) is 0 Å². The summed E-state index contributed by atoms with van der Waals surface area (Å²) in [7, 11) is -3.90. The Bertz CT molecular complexity index is 1740. The second kappa shape index (κ2) is 10.0. The minimum Gasteiger partial charge on any atom is -0.358 e. The zero-order chi connectivity index (χ0) is 29.2. The van der Waals surface area contributed by atoms with Crippen LogP contribution in [-0.2, 0) is 21.2 Å². The molecule has 1 fully saturated rings. The number of nitrogens with zero attached hydrogens (tertiary/aromatic N) is 2. The second-order valence-electron chi connectivity index (χ2n) is 11.2. The zero-order valence-electron chi connectivity index (χ0n) is 23.3. The molecule has 2 atom stereocenters. The number of halogens is 1. The van der Waals surface area contributed by atoms with Gasteiger partial charge in [-0.2, -0.15) is 0 Å². The third-order valence-corrected chi connectivity index (χ3v) is 10.1. The van der Waals surface area contributed by atoms with Gasteiger partial charge in [0, 0.05) is 59.4 Å². The normalized spacial score (nSPS) is 21.3. The Kier molecular flexibility index (Phi) is 6.75. The van der Waals surface area contributed by atoms with Gasteiger partial charge in [0.05, 0.1) is 21.7 Å². The molecular weight excluding hydrogens is 562 g/mol. The minimum absolute atomic E-state index is 0.0447. The predicted octanol–water partition coefficient (Wildman–Crippen LogP) is 4.35. The number of amides is 2. The molecule has 2 aromatic carbocycles. The Labute approximate surface area is 244 Å². The smallest absolute Gasteiger partial charge is 0.264 e. The van der Waals surface area contributed by atoms with E-state index in [4.69, 9.17) is 11.6 Å². The van der Waals surface area contributed by atoms with Crippen molar-refractivity contribution in [3.05, 3.63) is 75.1 Å². The lowest BCUT2D eigenvalue weighted by molar-refractivity contribution is -0.110. The Morgan fingerprint density at radius 2 is 1.80 bits per heavy atom. The van der Waals surface area contributed by atoms with E-state index in [1.807, 2.05) is 24.8 Å². The standard InChI is InChI=1S/C30H32ClN5O4S/c1-16-14-35(15-17(2)32-16)30(38)28-18(3)26(33-19(28)4)13-24-23-12-22(7-8-25(23)34-29(24)37)41(39,40)36-10-9-20-5-6-21(31)11-27(20)36/h5-8,11-13,16-17,32-33H,9-10,14-15H2,1-4H3,(H,34,37)/b24-13-. The molecule has 2 unspecified atom stereocenters. The van der Waals surface area contributed by atoms with Crippen LogP contribution < -0.4 is 14.9 Å². The molecule has 11 heteroatoms. The molecule has 3 aliphatic heterocycles. The number of hydrogen-bond donors (Lipinski definition) is 3. The molecule has 0 bridgehead atoms. The molecule has 6 rings (SSSR count). The number of rotatable bonds is 4. The molecule has 41 heavy (non-hydrogen) atoms. The number of carbonyl (C=O) groups excluding carboxylic acids is 2. The van der Waals surface area contributed by atoms with Crippen molar-refractivity contribution in [1.29, 1.82) is 0 Å². The first kappa shape index (κ1) is 27.6. The molecular formula is C30H32ClN5O4S. The molecule has 0 saturated carbocycles. The number of piperazine rings is 1. The number of fused-ring (bicyclic) bond motifs is 2. The molecule has 3 aromatic rings. The zero-order valence-corrected chi connectivity index (χ0v) is 24.9. The van der Waals surface area contributed by atoms with E-state index in [2.05, 4.69) is 29.5 Å². The maximum Gasteiger partial charge on any atom is 0.264 e. The fourth-order valence-electron chi connectivity index (χ4n) is 6.21. The maximum absolute atomic E-state index is 13.7. The Balaban J connectivity index is 1.35. The van der Waals surface area contributed by atoms with E-state index in [1.165, 1.54) is 16.4 Å². The van der Waals surface area contributed by atoms with Gasteiger partial charge in [0.15, 0.2) is 0 Å². The van der Waals surface area contributed by atoms with E-state index in [0.717, 1.165) is 16.8 Å². The summed E-state index contributed by atoms with van der Waals surface area (Å²) < 4.78 is 28.8. The molecule has 0 spiro atoms. The number of carbonyl (C=O) groups is 2. The lowest BCUT2D eigenvalue weighted by atomic mass is 10.0. The lowest BCUT2D eigenvalue weighted by Crippen LogP contribution is -2.55. The van der Waals surface area contributed by atoms with E-state index >= 15 is 0 Å². The number of hydrogen-bond acceptors (Lipinski definition) is 5. The van der Waals surface area contributed by atoms with Crippen molar-refractivity contribution in [2.75, 3.05) is 29.3 Å². The average molecular weight is 594 g/mol. The highest BCUT2D eigenvalue weighted by Crippen LogP contribution is 2.39. The molecule has 3 N–H and O–H groups in total. The van der Waals surface area contributed by atoms with Gasteiger partial charge in [0.1, 0.15) is 0 Å². The molecule has 3 aliphatic rings. The van der Waals surface area contributed by atoms with Crippen molar-refractivity contribution in [2.24, 2.45) is 0 Å². The molecule has 2 amide bonds. The van der Waals surface area contributed by atoms with Crippen LogP contribution >= 0.6 is 11.6 Å². The molecule has 214 valence electrons. The quantitative estimate of drug-likeness (QED) is 0.389. The van der Waals surface area contributed by atoms with Gasteiger partial charge in [0.25, 0.3) is 21.8 Å². The van der Waals surface area contributed by atoms with Crippen molar-refractivity contribution in [1.82, 2.24) is 15.2 Å². The van der Waals surface area contributed by atoms with Crippen molar-refractivity contribution < 1.29 is 18.0 Å². The van der Waals surface area contributed by atoms with Crippen LogP contribution in [0.5, 0.6) is 0 Å². The van der Waals surface area contributed by atoms with Crippen LogP contribution in [0, 0.1) is 13.8 Å². The van der Waals surface area contributed by atoms with Gasteiger partial charge in [-0.05, 0) is 81.7 Å². The van der Waals surface area contributed by atoms with Gasteiger partial charge in [-0.1, -0.05) is 17.7 Å². The van der Waals surface area contributed by atoms with E-state index in [0.29, 0.717) is 64.8 Å². The summed E-state index contributed by atoms with van der Waals surface area (Å²) in [6, 6.07) is 10.3. The third kappa shape index (κ3) is 4.73. The van der Waals surface area contributed by atoms with Gasteiger partial charge < -0.3 is 20.5 Å². The van der Waals surface area contributed by atoms with Crippen molar-refractivity contribution >= 4 is 56.5 Å². The fourth-order valence-corrected chi connectivity index (χ4v) is 7.89. The predicted molar refractivity (Wildman–Crippen MR) is 161 cm³/mol. The summed E-state index contributed by atoms with van der Waals surface area (Å²) >= 11 is 6.17. The number of H-pyrrole nitrogens is 1. The highest BCUT2D eigenvalue weighted by atomic mass is 35.5. The van der Waals surface area contributed by atoms with Crippen molar-refractivity contribution in [3.63, 3.8) is 0 Å². The Morgan fingerprint density at radius 1 is 1.07 bits per heavy atom. The van der Waals surface area contributed by atoms with Gasteiger partial charge in [-0.3, -0.25) is 13.9 Å². The van der Waals surface area contributed by atoms with Crippen LogP contribution in [0.25, 0.3) is 11.6 Å². The second-order valence-corrected chi connectivity index (χ2v) is 13.5.